The molecule has 0 radical (unpaired) electrons. The third kappa shape index (κ3) is 4.75. The number of anilines is 1. The summed E-state index contributed by atoms with van der Waals surface area (Å²) in [5.41, 5.74) is 9.74. The van der Waals surface area contributed by atoms with Crippen molar-refractivity contribution in [2.24, 2.45) is 0 Å². The first-order valence-electron chi connectivity index (χ1n) is 11.2. The molecule has 1 aliphatic carbocycles. The number of carbonyl (C=O) groups is 2. The summed E-state index contributed by atoms with van der Waals surface area (Å²) >= 11 is 0. The predicted octanol–water partition coefficient (Wildman–Crippen LogP) is 2.26. The number of nitrogens with two attached hydrogens (primary N) is 1. The summed E-state index contributed by atoms with van der Waals surface area (Å²) < 4.78 is 13.2. The van der Waals surface area contributed by atoms with Gasteiger partial charge in [0.15, 0.2) is 0 Å². The summed E-state index contributed by atoms with van der Waals surface area (Å²) in [5, 5.41) is 9.11. The van der Waals surface area contributed by atoms with Crippen LogP contribution in [0.1, 0.15) is 60.5 Å². The molecule has 32 heavy (non-hydrogen) atoms. The number of carbonyl (C=O) groups excluding carboxylic acids is 2. The van der Waals surface area contributed by atoms with E-state index in [2.05, 4.69) is 20.9 Å². The Hall–Kier alpha value is -3.00. The number of hydrogen-bond acceptors (Lipinski definition) is 5. The van der Waals surface area contributed by atoms with Crippen molar-refractivity contribution in [3.63, 3.8) is 0 Å². The van der Waals surface area contributed by atoms with Crippen molar-refractivity contribution in [2.75, 3.05) is 12.3 Å². The standard InChI is InChI=1S/C24H30FN5O2/c1-13-11-18-19(29-22(13)26)7-8-20(18)30-23(31)14(2)28-24(32)21-12-16(9-10-27-21)15-3-5-17(25)6-4-15/h3-6,11,14,16,20-21,27H,7-10,12H2,1-2H3,(H2,26,29)(H,28,32)(H,30,31)/t14-,16-,20?,21+/m0/s1. The van der Waals surface area contributed by atoms with Crippen LogP contribution in [0.4, 0.5) is 10.2 Å². The number of halogens is 1. The van der Waals surface area contributed by atoms with Crippen LogP contribution in [0.2, 0.25) is 0 Å². The Bertz CT molecular complexity index is 1010. The summed E-state index contributed by atoms with van der Waals surface area (Å²) in [6, 6.07) is 7.26. The molecule has 2 amide bonds. The highest BCUT2D eigenvalue weighted by Crippen LogP contribution is 2.32. The van der Waals surface area contributed by atoms with Gasteiger partial charge < -0.3 is 21.7 Å². The Kier molecular flexibility index (Phi) is 6.41. The van der Waals surface area contributed by atoms with E-state index in [4.69, 9.17) is 5.73 Å². The molecule has 0 bridgehead atoms. The van der Waals surface area contributed by atoms with E-state index < -0.39 is 12.1 Å². The molecule has 1 aromatic carbocycles. The lowest BCUT2D eigenvalue weighted by Crippen LogP contribution is -2.53. The summed E-state index contributed by atoms with van der Waals surface area (Å²) in [5.74, 6) is 0.00873. The van der Waals surface area contributed by atoms with Crippen LogP contribution in [-0.2, 0) is 16.0 Å². The second-order valence-electron chi connectivity index (χ2n) is 8.84. The first-order valence-corrected chi connectivity index (χ1v) is 11.2. The van der Waals surface area contributed by atoms with Gasteiger partial charge in [-0.2, -0.15) is 0 Å². The molecule has 1 fully saturated rings. The number of pyridine rings is 1. The molecule has 1 saturated heterocycles. The van der Waals surface area contributed by atoms with Crippen molar-refractivity contribution < 1.29 is 14.0 Å². The number of amides is 2. The Morgan fingerprint density at radius 2 is 2.00 bits per heavy atom. The SMILES string of the molecule is Cc1cc2c(nc1N)CCC2NC(=O)[C@H](C)NC(=O)[C@H]1C[C@@H](c2ccc(F)cc2)CCN1. The lowest BCUT2D eigenvalue weighted by molar-refractivity contribution is -0.130. The van der Waals surface area contributed by atoms with Crippen molar-refractivity contribution in [1.29, 1.82) is 0 Å². The quantitative estimate of drug-likeness (QED) is 0.571. The van der Waals surface area contributed by atoms with Gasteiger partial charge in [0.25, 0.3) is 0 Å². The van der Waals surface area contributed by atoms with E-state index in [9.17, 15) is 14.0 Å². The maximum atomic E-state index is 13.2. The van der Waals surface area contributed by atoms with Gasteiger partial charge >= 0.3 is 0 Å². The number of benzene rings is 1. The third-order valence-electron chi connectivity index (χ3n) is 6.54. The predicted molar refractivity (Wildman–Crippen MR) is 120 cm³/mol. The Morgan fingerprint density at radius 3 is 2.75 bits per heavy atom. The van der Waals surface area contributed by atoms with Crippen LogP contribution < -0.4 is 21.7 Å². The minimum absolute atomic E-state index is 0.126. The smallest absolute Gasteiger partial charge is 0.242 e. The lowest BCUT2D eigenvalue weighted by atomic mass is 9.86. The molecule has 7 nitrogen and oxygen atoms in total. The lowest BCUT2D eigenvalue weighted by Gasteiger charge is -2.30. The van der Waals surface area contributed by atoms with Gasteiger partial charge in [-0.1, -0.05) is 12.1 Å². The number of rotatable bonds is 5. The van der Waals surface area contributed by atoms with Crippen molar-refractivity contribution in [3.8, 4) is 0 Å². The Labute approximate surface area is 187 Å². The molecule has 1 aliphatic heterocycles. The highest BCUT2D eigenvalue weighted by Gasteiger charge is 2.31. The number of nitrogens with zero attached hydrogens (tertiary/aromatic N) is 1. The molecule has 1 unspecified atom stereocenters. The zero-order valence-corrected chi connectivity index (χ0v) is 18.5. The number of aryl methyl sites for hydroxylation is 2. The van der Waals surface area contributed by atoms with E-state index in [1.807, 2.05) is 13.0 Å². The van der Waals surface area contributed by atoms with E-state index in [-0.39, 0.29) is 29.6 Å². The van der Waals surface area contributed by atoms with Crippen LogP contribution in [0.15, 0.2) is 30.3 Å². The van der Waals surface area contributed by atoms with E-state index in [0.717, 1.165) is 41.6 Å². The monoisotopic (exact) mass is 439 g/mol. The van der Waals surface area contributed by atoms with Crippen LogP contribution >= 0.6 is 0 Å². The zero-order chi connectivity index (χ0) is 22.8. The van der Waals surface area contributed by atoms with Crippen LogP contribution in [0.5, 0.6) is 0 Å². The molecule has 0 spiro atoms. The summed E-state index contributed by atoms with van der Waals surface area (Å²) in [7, 11) is 0. The van der Waals surface area contributed by atoms with Gasteiger partial charge in [0, 0.05) is 5.69 Å². The van der Waals surface area contributed by atoms with E-state index >= 15 is 0 Å². The average molecular weight is 440 g/mol. The van der Waals surface area contributed by atoms with Crippen LogP contribution in [0, 0.1) is 12.7 Å². The maximum Gasteiger partial charge on any atom is 0.242 e. The number of piperidine rings is 1. The highest BCUT2D eigenvalue weighted by molar-refractivity contribution is 5.89. The molecule has 0 saturated carbocycles. The Balaban J connectivity index is 1.33. The first kappa shape index (κ1) is 22.2. The van der Waals surface area contributed by atoms with Gasteiger partial charge in [-0.15, -0.1) is 0 Å². The van der Waals surface area contributed by atoms with Crippen molar-refractivity contribution in [2.45, 2.75) is 63.6 Å². The summed E-state index contributed by atoms with van der Waals surface area (Å²) in [4.78, 5) is 30.0. The molecular weight excluding hydrogens is 409 g/mol. The molecule has 1 aromatic heterocycles. The Morgan fingerprint density at radius 1 is 1.25 bits per heavy atom. The third-order valence-corrected chi connectivity index (χ3v) is 6.54. The number of nitrogen functional groups attached to an aromatic ring is 1. The molecule has 4 rings (SSSR count). The summed E-state index contributed by atoms with van der Waals surface area (Å²) in [6.45, 7) is 4.28. The minimum Gasteiger partial charge on any atom is -0.383 e. The number of fused-ring (bicyclic) bond motifs is 1. The van der Waals surface area contributed by atoms with Gasteiger partial charge in [-0.05, 0) is 86.9 Å². The number of aromatic nitrogens is 1. The normalized spacial score (nSPS) is 23.3. The molecule has 4 atom stereocenters. The second kappa shape index (κ2) is 9.24. The zero-order valence-electron chi connectivity index (χ0n) is 18.5. The van der Waals surface area contributed by atoms with E-state index in [1.54, 1.807) is 19.1 Å². The van der Waals surface area contributed by atoms with Crippen LogP contribution in [0.3, 0.4) is 0 Å². The fourth-order valence-corrected chi connectivity index (χ4v) is 4.61. The van der Waals surface area contributed by atoms with Gasteiger partial charge in [-0.25, -0.2) is 9.37 Å². The van der Waals surface area contributed by atoms with Crippen molar-refractivity contribution in [1.82, 2.24) is 20.9 Å². The van der Waals surface area contributed by atoms with Gasteiger partial charge in [0.2, 0.25) is 11.8 Å². The van der Waals surface area contributed by atoms with Gasteiger partial charge in [-0.3, -0.25) is 9.59 Å². The molecule has 2 aromatic rings. The topological polar surface area (TPSA) is 109 Å². The van der Waals surface area contributed by atoms with Crippen LogP contribution in [-0.4, -0.2) is 35.4 Å². The molecule has 2 aliphatic rings. The average Bonchev–Trinajstić information content (AvgIpc) is 3.15. The number of nitrogens with one attached hydrogen (secondary N) is 3. The molecule has 170 valence electrons. The fourth-order valence-electron chi connectivity index (χ4n) is 4.61. The van der Waals surface area contributed by atoms with Crippen molar-refractivity contribution >= 4 is 17.6 Å². The minimum atomic E-state index is -0.664. The molecule has 5 N–H and O–H groups in total. The second-order valence-corrected chi connectivity index (χ2v) is 8.84. The summed E-state index contributed by atoms with van der Waals surface area (Å²) in [6.07, 6.45) is 3.02. The van der Waals surface area contributed by atoms with Gasteiger partial charge in [0.05, 0.1) is 12.1 Å². The first-order chi connectivity index (χ1) is 15.3. The highest BCUT2D eigenvalue weighted by atomic mass is 19.1. The van der Waals surface area contributed by atoms with E-state index in [1.165, 1.54) is 12.1 Å². The van der Waals surface area contributed by atoms with Crippen LogP contribution in [0.25, 0.3) is 0 Å². The number of hydrogen-bond donors (Lipinski definition) is 4. The van der Waals surface area contributed by atoms with E-state index in [0.29, 0.717) is 18.8 Å². The molecular formula is C24H30FN5O2. The molecule has 8 heteroatoms. The van der Waals surface area contributed by atoms with Crippen molar-refractivity contribution in [3.05, 3.63) is 58.5 Å². The van der Waals surface area contributed by atoms with Gasteiger partial charge in [0.1, 0.15) is 17.7 Å². The molecule has 2 heterocycles. The fraction of sp³-hybridized carbons (Fsp3) is 0.458. The maximum absolute atomic E-state index is 13.2. The largest absolute Gasteiger partial charge is 0.383 e.